The molecule has 5 aromatic rings. The molecule has 37 heavy (non-hydrogen) atoms. The van der Waals surface area contributed by atoms with Gasteiger partial charge in [0.1, 0.15) is 12.3 Å². The van der Waals surface area contributed by atoms with Crippen LogP contribution in [0, 0.1) is 0 Å². The zero-order valence-electron chi connectivity index (χ0n) is 20.8. The Morgan fingerprint density at radius 1 is 1.05 bits per heavy atom. The van der Waals surface area contributed by atoms with Crippen molar-refractivity contribution in [2.45, 2.75) is 19.5 Å². The molecule has 0 saturated carbocycles. The molecule has 1 N–H and O–H groups in total. The second-order valence-corrected chi connectivity index (χ2v) is 8.89. The van der Waals surface area contributed by atoms with Crippen molar-refractivity contribution in [1.82, 2.24) is 23.8 Å². The number of nitrogens with one attached hydrogen (secondary N) is 1. The lowest BCUT2D eigenvalue weighted by molar-refractivity contribution is -0.119. The van der Waals surface area contributed by atoms with Crippen molar-refractivity contribution in [2.75, 3.05) is 26.1 Å². The Balaban J connectivity index is 1.49. The maximum absolute atomic E-state index is 13.8. The summed E-state index contributed by atoms with van der Waals surface area (Å²) in [5, 5.41) is 2.81. The summed E-state index contributed by atoms with van der Waals surface area (Å²) in [4.78, 5) is 36.7. The topological polar surface area (TPSA) is 93.8 Å². The maximum atomic E-state index is 13.8. The molecule has 0 unspecified atom stereocenters. The minimum Gasteiger partial charge on any atom is -0.375 e. The van der Waals surface area contributed by atoms with Crippen LogP contribution in [0.3, 0.4) is 0 Å². The predicted octanol–water partition coefficient (Wildman–Crippen LogP) is 3.78. The summed E-state index contributed by atoms with van der Waals surface area (Å²) in [7, 11) is 3.22. The van der Waals surface area contributed by atoms with E-state index in [1.165, 1.54) is 12.7 Å². The lowest BCUT2D eigenvalue weighted by Crippen LogP contribution is -2.27. The van der Waals surface area contributed by atoms with Crippen molar-refractivity contribution >= 4 is 34.2 Å². The Hall–Kier alpha value is -4.50. The van der Waals surface area contributed by atoms with Gasteiger partial charge in [0.05, 0.1) is 41.4 Å². The predicted molar refractivity (Wildman–Crippen MR) is 141 cm³/mol. The number of methoxy groups -OCH3 is 1. The smallest absolute Gasteiger partial charge is 0.256 e. The first-order valence-corrected chi connectivity index (χ1v) is 12.0. The fraction of sp³-hybridized carbons (Fsp3) is 0.214. The Kier molecular flexibility index (Phi) is 6.96. The molecule has 0 fully saturated rings. The highest BCUT2D eigenvalue weighted by atomic mass is 16.5. The van der Waals surface area contributed by atoms with E-state index in [1.807, 2.05) is 51.6 Å². The van der Waals surface area contributed by atoms with Crippen LogP contribution in [0.4, 0.5) is 5.69 Å². The normalized spacial score (nSPS) is 11.2. The van der Waals surface area contributed by atoms with Crippen LogP contribution >= 0.6 is 0 Å². The largest absolute Gasteiger partial charge is 0.375 e. The SMILES string of the molecule is COCC(=O)Nc1cc(C(=O)N(C)Cc2cnc3ccccn23)c2c(c1)ncn2CCc1ccccc1. The van der Waals surface area contributed by atoms with Gasteiger partial charge >= 0.3 is 0 Å². The number of hydrogen-bond acceptors (Lipinski definition) is 5. The molecule has 0 spiro atoms. The number of carbonyl (C=O) groups is 2. The van der Waals surface area contributed by atoms with Gasteiger partial charge in [0.25, 0.3) is 5.91 Å². The van der Waals surface area contributed by atoms with Gasteiger partial charge in [-0.15, -0.1) is 0 Å². The number of hydrogen-bond donors (Lipinski definition) is 1. The van der Waals surface area contributed by atoms with Crippen LogP contribution in [0.2, 0.25) is 0 Å². The third-order valence-electron chi connectivity index (χ3n) is 6.23. The molecule has 188 valence electrons. The fourth-order valence-corrected chi connectivity index (χ4v) is 4.46. The average Bonchev–Trinajstić information content (AvgIpc) is 3.51. The summed E-state index contributed by atoms with van der Waals surface area (Å²) < 4.78 is 8.90. The Bertz CT molecular complexity index is 1560. The van der Waals surface area contributed by atoms with Crippen LogP contribution < -0.4 is 5.32 Å². The first kappa shape index (κ1) is 24.2. The van der Waals surface area contributed by atoms with Crippen LogP contribution in [0.15, 0.2) is 79.4 Å². The molecular weight excluding hydrogens is 468 g/mol. The number of nitrogens with zero attached hydrogens (tertiary/aromatic N) is 5. The molecule has 0 aliphatic carbocycles. The minimum atomic E-state index is -0.303. The van der Waals surface area contributed by atoms with Crippen molar-refractivity contribution in [3.63, 3.8) is 0 Å². The number of carbonyl (C=O) groups excluding carboxylic acids is 2. The highest BCUT2D eigenvalue weighted by Gasteiger charge is 2.21. The van der Waals surface area contributed by atoms with E-state index in [1.54, 1.807) is 36.6 Å². The average molecular weight is 497 g/mol. The highest BCUT2D eigenvalue weighted by molar-refractivity contribution is 6.07. The number of amides is 2. The summed E-state index contributed by atoms with van der Waals surface area (Å²) in [5.74, 6) is -0.483. The number of pyridine rings is 1. The molecule has 5 rings (SSSR count). The summed E-state index contributed by atoms with van der Waals surface area (Å²) in [5.41, 5.74) is 5.24. The van der Waals surface area contributed by atoms with Crippen molar-refractivity contribution in [3.8, 4) is 0 Å². The molecule has 9 nitrogen and oxygen atoms in total. The molecule has 0 bridgehead atoms. The number of anilines is 1. The standard InChI is InChI=1S/C28H28N6O3/c1-32(17-22-16-29-25-10-6-7-12-34(22)25)28(36)23-14-21(31-26(35)18-37-2)15-24-27(23)33(19-30-24)13-11-20-8-4-3-5-9-20/h3-10,12,14-16,19H,11,13,17-18H2,1-2H3,(H,31,35). The molecule has 0 aliphatic heterocycles. The van der Waals surface area contributed by atoms with Crippen LogP contribution in [-0.2, 0) is 29.0 Å². The number of ether oxygens (including phenoxy) is 1. The fourth-order valence-electron chi connectivity index (χ4n) is 4.46. The van der Waals surface area contributed by atoms with E-state index in [0.717, 1.165) is 23.3 Å². The molecule has 9 heteroatoms. The van der Waals surface area contributed by atoms with Gasteiger partial charge in [0, 0.05) is 32.6 Å². The van der Waals surface area contributed by atoms with Gasteiger partial charge in [0.2, 0.25) is 5.91 Å². The van der Waals surface area contributed by atoms with Crippen LogP contribution in [0.25, 0.3) is 16.7 Å². The van der Waals surface area contributed by atoms with Crippen LogP contribution in [0.1, 0.15) is 21.6 Å². The second kappa shape index (κ2) is 10.6. The Morgan fingerprint density at radius 2 is 1.86 bits per heavy atom. The lowest BCUT2D eigenvalue weighted by atomic mass is 10.1. The quantitative estimate of drug-likeness (QED) is 0.335. The number of imidazole rings is 2. The number of rotatable bonds is 9. The van der Waals surface area contributed by atoms with Crippen LogP contribution in [0.5, 0.6) is 0 Å². The molecule has 3 aromatic heterocycles. The molecule has 0 radical (unpaired) electrons. The van der Waals surface area contributed by atoms with Gasteiger partial charge in [-0.3, -0.25) is 9.59 Å². The third-order valence-corrected chi connectivity index (χ3v) is 6.23. The number of aryl methyl sites for hydroxylation is 2. The van der Waals surface area contributed by atoms with Crippen molar-refractivity contribution in [3.05, 3.63) is 96.2 Å². The van der Waals surface area contributed by atoms with Gasteiger partial charge < -0.3 is 23.9 Å². The van der Waals surface area contributed by atoms with E-state index < -0.39 is 0 Å². The minimum absolute atomic E-state index is 0.0823. The molecule has 3 heterocycles. The van der Waals surface area contributed by atoms with Crippen molar-refractivity contribution in [2.24, 2.45) is 0 Å². The summed E-state index contributed by atoms with van der Waals surface area (Å²) >= 11 is 0. The van der Waals surface area contributed by atoms with Gasteiger partial charge in [-0.2, -0.15) is 0 Å². The lowest BCUT2D eigenvalue weighted by Gasteiger charge is -2.19. The summed E-state index contributed by atoms with van der Waals surface area (Å²) in [6, 6.07) is 19.5. The molecule has 0 aliphatic rings. The van der Waals surface area contributed by atoms with Gasteiger partial charge in [-0.1, -0.05) is 36.4 Å². The summed E-state index contributed by atoms with van der Waals surface area (Å²) in [6.45, 7) is 0.943. The molecule has 0 atom stereocenters. The zero-order chi connectivity index (χ0) is 25.8. The molecular formula is C28H28N6O3. The second-order valence-electron chi connectivity index (χ2n) is 8.89. The van der Waals surface area contributed by atoms with Gasteiger partial charge in [-0.25, -0.2) is 9.97 Å². The zero-order valence-corrected chi connectivity index (χ0v) is 20.8. The number of aromatic nitrogens is 4. The first-order valence-electron chi connectivity index (χ1n) is 12.0. The first-order chi connectivity index (χ1) is 18.0. The monoisotopic (exact) mass is 496 g/mol. The van der Waals surface area contributed by atoms with Crippen molar-refractivity contribution < 1.29 is 14.3 Å². The van der Waals surface area contributed by atoms with Crippen molar-refractivity contribution in [1.29, 1.82) is 0 Å². The van der Waals surface area contributed by atoms with E-state index in [2.05, 4.69) is 27.4 Å². The van der Waals surface area contributed by atoms with E-state index >= 15 is 0 Å². The Labute approximate surface area is 214 Å². The van der Waals surface area contributed by atoms with E-state index in [-0.39, 0.29) is 18.4 Å². The Morgan fingerprint density at radius 3 is 2.68 bits per heavy atom. The van der Waals surface area contributed by atoms with E-state index in [9.17, 15) is 9.59 Å². The number of fused-ring (bicyclic) bond motifs is 2. The van der Waals surface area contributed by atoms with E-state index in [4.69, 9.17) is 4.74 Å². The van der Waals surface area contributed by atoms with E-state index in [0.29, 0.717) is 29.9 Å². The van der Waals surface area contributed by atoms with Gasteiger partial charge in [-0.05, 0) is 36.2 Å². The third kappa shape index (κ3) is 5.22. The molecule has 2 aromatic carbocycles. The number of benzene rings is 2. The molecule has 0 saturated heterocycles. The highest BCUT2D eigenvalue weighted by Crippen LogP contribution is 2.26. The van der Waals surface area contributed by atoms with Gasteiger partial charge in [0.15, 0.2) is 0 Å². The summed E-state index contributed by atoms with van der Waals surface area (Å²) in [6.07, 6.45) is 6.25. The molecule has 2 amide bonds. The van der Waals surface area contributed by atoms with Crippen LogP contribution in [-0.4, -0.2) is 56.4 Å². The maximum Gasteiger partial charge on any atom is 0.256 e.